The normalized spacial score (nSPS) is 13.2. The lowest BCUT2D eigenvalue weighted by Gasteiger charge is -2.23. The molecule has 110 valence electrons. The van der Waals surface area contributed by atoms with Crippen LogP contribution in [0.2, 0.25) is 0 Å². The summed E-state index contributed by atoms with van der Waals surface area (Å²) in [5.41, 5.74) is 0.994. The number of hydrogen-bond donors (Lipinski definition) is 0. The smallest absolute Gasteiger partial charge is 0.212 e. The molecule has 5 heteroatoms. The predicted molar refractivity (Wildman–Crippen MR) is 80.5 cm³/mol. The van der Waals surface area contributed by atoms with Crippen molar-refractivity contribution in [3.63, 3.8) is 0 Å². The van der Waals surface area contributed by atoms with E-state index < -0.39 is 10.0 Å². The van der Waals surface area contributed by atoms with E-state index in [2.05, 4.69) is 6.92 Å². The van der Waals surface area contributed by atoms with Gasteiger partial charge in [-0.05, 0) is 17.5 Å². The fourth-order valence-corrected chi connectivity index (χ4v) is 3.66. The third-order valence-corrected chi connectivity index (χ3v) is 5.30. The summed E-state index contributed by atoms with van der Waals surface area (Å²) in [4.78, 5) is 0. The molecule has 1 rings (SSSR count). The fraction of sp³-hybridized carbons (Fsp3) is 0.533. The van der Waals surface area contributed by atoms with Gasteiger partial charge in [0.2, 0.25) is 10.0 Å². The second-order valence-electron chi connectivity index (χ2n) is 4.99. The van der Waals surface area contributed by atoms with Gasteiger partial charge < -0.3 is 0 Å². The molecule has 0 saturated carbocycles. The van der Waals surface area contributed by atoms with Crippen molar-refractivity contribution in [2.45, 2.75) is 32.9 Å². The molecular formula is C15H22N2O2S. The van der Waals surface area contributed by atoms with Gasteiger partial charge in [0.15, 0.2) is 0 Å². The summed E-state index contributed by atoms with van der Waals surface area (Å²) in [5, 5.41) is 9.04. The lowest BCUT2D eigenvalue weighted by atomic mass is 10.1. The summed E-state index contributed by atoms with van der Waals surface area (Å²) >= 11 is 0. The van der Waals surface area contributed by atoms with Crippen LogP contribution in [0.5, 0.6) is 0 Å². The largest absolute Gasteiger partial charge is 0.218 e. The number of hydrogen-bond acceptors (Lipinski definition) is 3. The molecule has 0 saturated heterocycles. The van der Waals surface area contributed by atoms with E-state index in [0.717, 1.165) is 6.42 Å². The van der Waals surface area contributed by atoms with Gasteiger partial charge >= 0.3 is 0 Å². The number of nitriles is 1. The zero-order chi connectivity index (χ0) is 15.2. The molecule has 0 spiro atoms. The number of nitrogens with zero attached hydrogens (tertiary/aromatic N) is 2. The molecule has 20 heavy (non-hydrogen) atoms. The second-order valence-corrected chi connectivity index (χ2v) is 6.96. The van der Waals surface area contributed by atoms with Crippen molar-refractivity contribution in [3.8, 4) is 6.07 Å². The monoisotopic (exact) mass is 294 g/mol. The lowest BCUT2D eigenvalue weighted by molar-refractivity contribution is 0.361. The first-order valence-electron chi connectivity index (χ1n) is 6.90. The Morgan fingerprint density at radius 1 is 1.30 bits per heavy atom. The summed E-state index contributed by atoms with van der Waals surface area (Å²) < 4.78 is 26.4. The molecule has 0 radical (unpaired) electrons. The molecule has 0 heterocycles. The zero-order valence-corrected chi connectivity index (χ0v) is 13.2. The Morgan fingerprint density at radius 3 is 2.50 bits per heavy atom. The third kappa shape index (κ3) is 4.32. The van der Waals surface area contributed by atoms with E-state index in [1.54, 1.807) is 24.3 Å². The summed E-state index contributed by atoms with van der Waals surface area (Å²) in [6, 6.07) is 8.90. The summed E-state index contributed by atoms with van der Waals surface area (Å²) in [6.07, 6.45) is 0.945. The SMILES string of the molecule is CCC(C)CN(CC)S(=O)(=O)Cc1ccccc1C#N. The minimum atomic E-state index is -3.38. The van der Waals surface area contributed by atoms with Crippen LogP contribution in [-0.4, -0.2) is 25.8 Å². The van der Waals surface area contributed by atoms with E-state index in [1.165, 1.54) is 4.31 Å². The Bertz CT molecular complexity index is 576. The topological polar surface area (TPSA) is 61.2 Å². The Hall–Kier alpha value is -1.38. The molecule has 0 aliphatic rings. The van der Waals surface area contributed by atoms with Crippen LogP contribution >= 0.6 is 0 Å². The minimum Gasteiger partial charge on any atom is -0.212 e. The molecule has 0 aromatic heterocycles. The highest BCUT2D eigenvalue weighted by atomic mass is 32.2. The molecule has 1 unspecified atom stereocenters. The van der Waals surface area contributed by atoms with Crippen molar-refractivity contribution in [3.05, 3.63) is 35.4 Å². The van der Waals surface area contributed by atoms with Crippen molar-refractivity contribution < 1.29 is 8.42 Å². The van der Waals surface area contributed by atoms with E-state index >= 15 is 0 Å². The minimum absolute atomic E-state index is 0.110. The molecule has 0 amide bonds. The zero-order valence-electron chi connectivity index (χ0n) is 12.3. The van der Waals surface area contributed by atoms with Crippen molar-refractivity contribution in [2.24, 2.45) is 5.92 Å². The van der Waals surface area contributed by atoms with Crippen molar-refractivity contribution in [1.82, 2.24) is 4.31 Å². The standard InChI is InChI=1S/C15H22N2O2S/c1-4-13(3)11-17(5-2)20(18,19)12-15-9-7-6-8-14(15)10-16/h6-9,13H,4-5,11-12H2,1-3H3. The first-order chi connectivity index (χ1) is 9.44. The van der Waals surface area contributed by atoms with Gasteiger partial charge in [-0.1, -0.05) is 45.4 Å². The molecule has 0 aliphatic carbocycles. The first-order valence-corrected chi connectivity index (χ1v) is 8.51. The van der Waals surface area contributed by atoms with E-state index in [9.17, 15) is 8.42 Å². The van der Waals surface area contributed by atoms with Crippen LogP contribution in [0.25, 0.3) is 0 Å². The maximum atomic E-state index is 12.5. The molecular weight excluding hydrogens is 272 g/mol. The Kier molecular flexibility index (Phi) is 6.18. The van der Waals surface area contributed by atoms with Gasteiger partial charge in [-0.15, -0.1) is 0 Å². The molecule has 0 aliphatic heterocycles. The fourth-order valence-electron chi connectivity index (χ4n) is 1.96. The van der Waals surface area contributed by atoms with Gasteiger partial charge in [0.1, 0.15) is 0 Å². The van der Waals surface area contributed by atoms with Crippen LogP contribution in [0, 0.1) is 17.2 Å². The molecule has 1 atom stereocenters. The van der Waals surface area contributed by atoms with Crippen molar-refractivity contribution in [1.29, 1.82) is 5.26 Å². The second kappa shape index (κ2) is 7.41. The van der Waals surface area contributed by atoms with Gasteiger partial charge in [0.25, 0.3) is 0 Å². The van der Waals surface area contributed by atoms with Crippen LogP contribution in [0.1, 0.15) is 38.3 Å². The van der Waals surface area contributed by atoms with Crippen LogP contribution < -0.4 is 0 Å². The Balaban J connectivity index is 2.96. The molecule has 0 N–H and O–H groups in total. The van der Waals surface area contributed by atoms with Gasteiger partial charge in [-0.2, -0.15) is 5.26 Å². The number of benzene rings is 1. The molecule has 4 nitrogen and oxygen atoms in total. The number of sulfonamides is 1. The quantitative estimate of drug-likeness (QED) is 0.777. The first kappa shape index (κ1) is 16.7. The van der Waals surface area contributed by atoms with Gasteiger partial charge in [0.05, 0.1) is 17.4 Å². The van der Waals surface area contributed by atoms with E-state index in [1.807, 2.05) is 19.9 Å². The summed E-state index contributed by atoms with van der Waals surface area (Å²) in [5.74, 6) is 0.219. The van der Waals surface area contributed by atoms with Crippen LogP contribution in [0.4, 0.5) is 0 Å². The average Bonchev–Trinajstić information content (AvgIpc) is 2.44. The molecule has 1 aromatic rings. The predicted octanol–water partition coefficient (Wildman–Crippen LogP) is 2.76. The van der Waals surface area contributed by atoms with E-state index in [0.29, 0.717) is 30.1 Å². The average molecular weight is 294 g/mol. The summed E-state index contributed by atoms with van der Waals surface area (Å²) in [6.45, 7) is 6.93. The van der Waals surface area contributed by atoms with Crippen LogP contribution in [0.3, 0.4) is 0 Å². The highest BCUT2D eigenvalue weighted by Crippen LogP contribution is 2.16. The lowest BCUT2D eigenvalue weighted by Crippen LogP contribution is -2.35. The van der Waals surface area contributed by atoms with Gasteiger partial charge in [-0.3, -0.25) is 0 Å². The highest BCUT2D eigenvalue weighted by molar-refractivity contribution is 7.88. The summed E-state index contributed by atoms with van der Waals surface area (Å²) in [7, 11) is -3.38. The number of rotatable bonds is 7. The van der Waals surface area contributed by atoms with Crippen LogP contribution in [-0.2, 0) is 15.8 Å². The Morgan fingerprint density at radius 2 is 1.95 bits per heavy atom. The Labute approximate surface area is 122 Å². The third-order valence-electron chi connectivity index (χ3n) is 3.43. The van der Waals surface area contributed by atoms with Crippen molar-refractivity contribution in [2.75, 3.05) is 13.1 Å². The molecule has 1 aromatic carbocycles. The maximum absolute atomic E-state index is 12.5. The van der Waals surface area contributed by atoms with E-state index in [-0.39, 0.29) is 5.75 Å². The van der Waals surface area contributed by atoms with E-state index in [4.69, 9.17) is 5.26 Å². The molecule has 0 bridgehead atoms. The highest BCUT2D eigenvalue weighted by Gasteiger charge is 2.23. The maximum Gasteiger partial charge on any atom is 0.218 e. The van der Waals surface area contributed by atoms with Gasteiger partial charge in [-0.25, -0.2) is 12.7 Å². The van der Waals surface area contributed by atoms with Crippen molar-refractivity contribution >= 4 is 10.0 Å². The van der Waals surface area contributed by atoms with Crippen LogP contribution in [0.15, 0.2) is 24.3 Å². The van der Waals surface area contributed by atoms with Gasteiger partial charge in [0, 0.05) is 13.1 Å². The molecule has 0 fully saturated rings.